The maximum absolute atomic E-state index is 12.9. The van der Waals surface area contributed by atoms with E-state index in [2.05, 4.69) is 19.7 Å². The van der Waals surface area contributed by atoms with E-state index in [1.54, 1.807) is 48.9 Å². The van der Waals surface area contributed by atoms with E-state index in [4.69, 9.17) is 10.5 Å². The number of hydrogen-bond acceptors (Lipinski definition) is 7. The van der Waals surface area contributed by atoms with Crippen LogP contribution in [0, 0.1) is 0 Å². The number of amidine groups is 1. The first-order chi connectivity index (χ1) is 15.6. The van der Waals surface area contributed by atoms with Gasteiger partial charge in [0.25, 0.3) is 15.9 Å². The van der Waals surface area contributed by atoms with Crippen molar-refractivity contribution < 1.29 is 17.9 Å². The molecule has 170 valence electrons. The molecular formula is C23H23N5O4S. The van der Waals surface area contributed by atoms with Gasteiger partial charge in [0.2, 0.25) is 0 Å². The Morgan fingerprint density at radius 3 is 2.67 bits per heavy atom. The smallest absolute Gasteiger partial charge is 0.259 e. The van der Waals surface area contributed by atoms with Gasteiger partial charge in [-0.25, -0.2) is 8.42 Å². The highest BCUT2D eigenvalue weighted by atomic mass is 32.2. The molecule has 0 bridgehead atoms. The minimum atomic E-state index is -3.63. The van der Waals surface area contributed by atoms with Crippen molar-refractivity contribution in [2.45, 2.75) is 25.1 Å². The summed E-state index contributed by atoms with van der Waals surface area (Å²) >= 11 is 0. The highest BCUT2D eigenvalue weighted by Gasteiger charge is 2.27. The number of amides is 1. The van der Waals surface area contributed by atoms with Crippen molar-refractivity contribution >= 4 is 21.8 Å². The van der Waals surface area contributed by atoms with Gasteiger partial charge in [0.05, 0.1) is 22.5 Å². The van der Waals surface area contributed by atoms with Gasteiger partial charge in [0, 0.05) is 29.7 Å². The van der Waals surface area contributed by atoms with Gasteiger partial charge >= 0.3 is 0 Å². The van der Waals surface area contributed by atoms with Crippen molar-refractivity contribution in [3.05, 3.63) is 77.7 Å². The minimum absolute atomic E-state index is 0.103. The van der Waals surface area contributed by atoms with E-state index in [1.165, 1.54) is 0 Å². The molecule has 0 saturated carbocycles. The molecule has 3 aromatic rings. The van der Waals surface area contributed by atoms with Crippen LogP contribution in [0.2, 0.25) is 0 Å². The first-order valence-electron chi connectivity index (χ1n) is 10.2. The van der Waals surface area contributed by atoms with Gasteiger partial charge in [-0.2, -0.15) is 0 Å². The largest absolute Gasteiger partial charge is 0.490 e. The lowest BCUT2D eigenvalue weighted by atomic mass is 10.0. The molecule has 0 fully saturated rings. The van der Waals surface area contributed by atoms with Crippen molar-refractivity contribution in [1.82, 2.24) is 15.3 Å². The van der Waals surface area contributed by atoms with E-state index < -0.39 is 15.6 Å². The molecule has 0 spiro atoms. The molecule has 0 aliphatic carbocycles. The van der Waals surface area contributed by atoms with Crippen molar-refractivity contribution in [1.29, 1.82) is 0 Å². The molecule has 4 rings (SSSR count). The summed E-state index contributed by atoms with van der Waals surface area (Å²) in [4.78, 5) is 21.2. The first-order valence-corrected chi connectivity index (χ1v) is 11.8. The molecular weight excluding hydrogens is 442 g/mol. The maximum atomic E-state index is 12.9. The lowest BCUT2D eigenvalue weighted by Crippen LogP contribution is -2.48. The Balaban J connectivity index is 1.47. The third kappa shape index (κ3) is 5.17. The van der Waals surface area contributed by atoms with Crippen molar-refractivity contribution in [3.8, 4) is 17.0 Å². The average Bonchev–Trinajstić information content (AvgIpc) is 2.77. The zero-order chi connectivity index (χ0) is 23.6. The molecule has 0 radical (unpaired) electrons. The number of carbonyl (C=O) groups is 1. The number of carbonyl (C=O) groups excluding carboxylic acids is 1. The molecule has 3 N–H and O–H groups in total. The van der Waals surface area contributed by atoms with Crippen molar-refractivity contribution in [3.63, 3.8) is 0 Å². The molecule has 9 nitrogen and oxygen atoms in total. The second-order valence-electron chi connectivity index (χ2n) is 8.29. The molecule has 0 saturated heterocycles. The third-order valence-corrected chi connectivity index (χ3v) is 6.13. The molecule has 2 aromatic heterocycles. The summed E-state index contributed by atoms with van der Waals surface area (Å²) in [6, 6.07) is 12.1. The highest BCUT2D eigenvalue weighted by Crippen LogP contribution is 2.28. The summed E-state index contributed by atoms with van der Waals surface area (Å²) in [6.45, 7) is 3.78. The molecule has 1 amide bonds. The van der Waals surface area contributed by atoms with Gasteiger partial charge in [0.15, 0.2) is 0 Å². The monoisotopic (exact) mass is 465 g/mol. The lowest BCUT2D eigenvalue weighted by molar-refractivity contribution is 0.0880. The third-order valence-electron chi connectivity index (χ3n) is 4.98. The van der Waals surface area contributed by atoms with E-state index in [0.717, 1.165) is 5.56 Å². The number of hydrogen-bond donors (Lipinski definition) is 2. The molecule has 3 heterocycles. The van der Waals surface area contributed by atoms with Crippen LogP contribution >= 0.6 is 0 Å². The van der Waals surface area contributed by atoms with Crippen LogP contribution in [0.25, 0.3) is 11.3 Å². The minimum Gasteiger partial charge on any atom is -0.490 e. The number of aromatic nitrogens is 2. The zero-order valence-corrected chi connectivity index (χ0v) is 19.0. The molecule has 10 heteroatoms. The number of nitrogens with zero attached hydrogens (tertiary/aromatic N) is 3. The lowest BCUT2D eigenvalue weighted by Gasteiger charge is -2.27. The summed E-state index contributed by atoms with van der Waals surface area (Å²) < 4.78 is 33.3. The van der Waals surface area contributed by atoms with E-state index in [0.29, 0.717) is 28.1 Å². The van der Waals surface area contributed by atoms with Crippen LogP contribution < -0.4 is 15.8 Å². The highest BCUT2D eigenvalue weighted by molar-refractivity contribution is 7.89. The molecule has 0 unspecified atom stereocenters. The second-order valence-corrected chi connectivity index (χ2v) is 9.92. The van der Waals surface area contributed by atoms with E-state index in [1.807, 2.05) is 26.0 Å². The number of ether oxygens (including phenoxy) is 1. The fourth-order valence-electron chi connectivity index (χ4n) is 3.46. The summed E-state index contributed by atoms with van der Waals surface area (Å²) in [7, 11) is -3.63. The number of rotatable bonds is 6. The van der Waals surface area contributed by atoms with Crippen LogP contribution in [0.1, 0.15) is 35.3 Å². The number of benzene rings is 1. The van der Waals surface area contributed by atoms with Gasteiger partial charge in [-0.15, -0.1) is 4.40 Å². The average molecular weight is 466 g/mol. The Hall–Kier alpha value is -3.79. The maximum Gasteiger partial charge on any atom is 0.259 e. The van der Waals surface area contributed by atoms with Gasteiger partial charge in [-0.3, -0.25) is 14.8 Å². The Morgan fingerprint density at radius 2 is 1.91 bits per heavy atom. The Labute approximate surface area is 191 Å². The predicted molar refractivity (Wildman–Crippen MR) is 124 cm³/mol. The number of sulfonamides is 1. The summed E-state index contributed by atoms with van der Waals surface area (Å²) in [5.74, 6) is -0.199. The standard InChI is InChI=1S/C23H23N5O4S/c1-23(2,14-32-19-5-3-4-17-13-33(30,31)28-21(24)20(17)19)27-22(29)16-8-11-26-18(12-16)15-6-9-25-10-7-15/h3-12H,13-14H2,1-2H3,(H2,24,28)(H,27,29). The molecule has 1 aromatic carbocycles. The molecule has 1 aliphatic rings. The van der Waals surface area contributed by atoms with Crippen molar-refractivity contribution in [2.24, 2.45) is 10.1 Å². The quantitative estimate of drug-likeness (QED) is 0.570. The van der Waals surface area contributed by atoms with Crippen LogP contribution in [-0.2, 0) is 15.8 Å². The number of pyridine rings is 2. The van der Waals surface area contributed by atoms with Crippen LogP contribution in [0.15, 0.2) is 65.5 Å². The predicted octanol–water partition coefficient (Wildman–Crippen LogP) is 2.28. The Bertz CT molecular complexity index is 1340. The fraction of sp³-hybridized carbons (Fsp3) is 0.217. The zero-order valence-electron chi connectivity index (χ0n) is 18.1. The second kappa shape index (κ2) is 8.62. The van der Waals surface area contributed by atoms with E-state index >= 15 is 0 Å². The Morgan fingerprint density at radius 1 is 1.15 bits per heavy atom. The van der Waals surface area contributed by atoms with Crippen LogP contribution in [-0.4, -0.2) is 42.3 Å². The van der Waals surface area contributed by atoms with Gasteiger partial charge < -0.3 is 15.8 Å². The first kappa shape index (κ1) is 22.4. The molecule has 33 heavy (non-hydrogen) atoms. The molecule has 0 atom stereocenters. The summed E-state index contributed by atoms with van der Waals surface area (Å²) in [5.41, 5.74) is 8.13. The van der Waals surface area contributed by atoms with Crippen LogP contribution in [0.5, 0.6) is 5.75 Å². The number of fused-ring (bicyclic) bond motifs is 1. The molecule has 1 aliphatic heterocycles. The fourth-order valence-corrected chi connectivity index (χ4v) is 4.55. The SMILES string of the molecule is CC(C)(COc1cccc2c1C(N)=NS(=O)(=O)C2)NC(=O)c1ccnc(-c2ccncc2)c1. The van der Waals surface area contributed by atoms with Crippen LogP contribution in [0.4, 0.5) is 0 Å². The van der Waals surface area contributed by atoms with E-state index in [9.17, 15) is 13.2 Å². The topological polar surface area (TPSA) is 137 Å². The van der Waals surface area contributed by atoms with Crippen LogP contribution in [0.3, 0.4) is 0 Å². The van der Waals surface area contributed by atoms with Gasteiger partial charge in [-0.1, -0.05) is 12.1 Å². The summed E-state index contributed by atoms with van der Waals surface area (Å²) in [6.07, 6.45) is 4.92. The van der Waals surface area contributed by atoms with E-state index in [-0.39, 0.29) is 24.1 Å². The number of nitrogens with two attached hydrogens (primary N) is 1. The number of nitrogens with one attached hydrogen (secondary N) is 1. The summed E-state index contributed by atoms with van der Waals surface area (Å²) in [5, 5.41) is 2.96. The van der Waals surface area contributed by atoms with Crippen molar-refractivity contribution in [2.75, 3.05) is 6.61 Å². The van der Waals surface area contributed by atoms with Gasteiger partial charge in [0.1, 0.15) is 18.2 Å². The Kier molecular flexibility index (Phi) is 5.86. The normalized spacial score (nSPS) is 14.7. The van der Waals surface area contributed by atoms with Gasteiger partial charge in [-0.05, 0) is 49.7 Å².